The fourth-order valence-corrected chi connectivity index (χ4v) is 4.06. The maximum absolute atomic E-state index is 11.8. The first kappa shape index (κ1) is 19.6. The van der Waals surface area contributed by atoms with Gasteiger partial charge in [-0.15, -0.1) is 0 Å². The van der Waals surface area contributed by atoms with Crippen molar-refractivity contribution in [3.8, 4) is 0 Å². The van der Waals surface area contributed by atoms with Gasteiger partial charge in [0.15, 0.2) is 13.6 Å². The van der Waals surface area contributed by atoms with Gasteiger partial charge in [0.05, 0.1) is 6.61 Å². The van der Waals surface area contributed by atoms with Gasteiger partial charge in [0, 0.05) is 11.7 Å². The van der Waals surface area contributed by atoms with Crippen LogP contribution in [0.5, 0.6) is 0 Å². The summed E-state index contributed by atoms with van der Waals surface area (Å²) in [6, 6.07) is 0. The molecule has 3 atom stereocenters. The van der Waals surface area contributed by atoms with Crippen LogP contribution in [-0.4, -0.2) is 28.1 Å². The molecule has 0 spiro atoms. The monoisotopic (exact) mass is 320 g/mol. The highest BCUT2D eigenvalue weighted by atomic mass is 32.2. The van der Waals surface area contributed by atoms with E-state index in [0.29, 0.717) is 0 Å². The number of hydrogen-bond donors (Lipinski definition) is 0. The Hall–Kier alpha value is -0.410. The number of carbonyl (C=O) groups excluding carboxylic acids is 2. The number of hydrogen-bond acceptors (Lipinski definition) is 5. The van der Waals surface area contributed by atoms with E-state index >= 15 is 0 Å². The van der Waals surface area contributed by atoms with Gasteiger partial charge in [0.1, 0.15) is 5.66 Å². The van der Waals surface area contributed by atoms with Crippen molar-refractivity contribution in [2.24, 2.45) is 11.8 Å². The van der Waals surface area contributed by atoms with E-state index in [1.54, 1.807) is 13.8 Å². The molecular formula is C14H25O4PS. The average molecular weight is 320 g/mol. The molecule has 0 saturated carbocycles. The largest absolute Gasteiger partial charge is 0.465 e. The second-order valence-corrected chi connectivity index (χ2v) is 8.35. The highest BCUT2D eigenvalue weighted by Gasteiger charge is 2.34. The highest BCUT2D eigenvalue weighted by Crippen LogP contribution is 2.37. The third kappa shape index (κ3) is 6.85. The molecule has 0 radical (unpaired) electrons. The van der Waals surface area contributed by atoms with Crippen LogP contribution in [0.1, 0.15) is 48.0 Å². The Bertz CT molecular complexity index is 357. The fourth-order valence-electron chi connectivity index (χ4n) is 2.28. The highest BCUT2D eigenvalue weighted by molar-refractivity contribution is 8.14. The molecule has 0 fully saturated rings. The molecule has 0 saturated heterocycles. The molecule has 0 bridgehead atoms. The van der Waals surface area contributed by atoms with Crippen molar-refractivity contribution in [2.45, 2.75) is 58.4 Å². The van der Waals surface area contributed by atoms with Gasteiger partial charge in [-0.2, -0.15) is 0 Å². The predicted molar refractivity (Wildman–Crippen MR) is 83.3 cm³/mol. The molecule has 0 aliphatic heterocycles. The Morgan fingerprint density at radius 3 is 2.25 bits per heavy atom. The minimum atomic E-state index is -0.636. The quantitative estimate of drug-likeness (QED) is 0.501. The van der Waals surface area contributed by atoms with Gasteiger partial charge in [-0.05, 0) is 25.2 Å². The molecule has 0 aromatic rings. The SMILES string of the molecule is CCOC(=O)C(P=O)C(C)C(C)CC(C)(C)SC(C)=O. The number of thioether (sulfide) groups is 1. The molecule has 0 rings (SSSR count). The van der Waals surface area contributed by atoms with Crippen LogP contribution in [-0.2, 0) is 18.9 Å². The van der Waals surface area contributed by atoms with Crippen LogP contribution in [0.15, 0.2) is 0 Å². The second-order valence-electron chi connectivity index (χ2n) is 5.70. The maximum atomic E-state index is 11.8. The van der Waals surface area contributed by atoms with Crippen LogP contribution in [0.2, 0.25) is 0 Å². The Kier molecular flexibility index (Phi) is 8.60. The van der Waals surface area contributed by atoms with Crippen LogP contribution in [0, 0.1) is 11.8 Å². The molecule has 0 aliphatic carbocycles. The first-order valence-electron chi connectivity index (χ1n) is 6.83. The van der Waals surface area contributed by atoms with Crippen LogP contribution in [0.4, 0.5) is 0 Å². The zero-order chi connectivity index (χ0) is 15.9. The molecule has 0 N–H and O–H groups in total. The van der Waals surface area contributed by atoms with Gasteiger partial charge >= 0.3 is 5.97 Å². The van der Waals surface area contributed by atoms with Crippen LogP contribution in [0.25, 0.3) is 0 Å². The lowest BCUT2D eigenvalue weighted by molar-refractivity contribution is -0.143. The van der Waals surface area contributed by atoms with Crippen molar-refractivity contribution in [2.75, 3.05) is 6.61 Å². The Morgan fingerprint density at radius 1 is 1.30 bits per heavy atom. The van der Waals surface area contributed by atoms with E-state index in [2.05, 4.69) is 0 Å². The Labute approximate surface area is 127 Å². The average Bonchev–Trinajstić information content (AvgIpc) is 2.27. The van der Waals surface area contributed by atoms with Gasteiger partial charge < -0.3 is 4.74 Å². The summed E-state index contributed by atoms with van der Waals surface area (Å²) < 4.78 is 16.0. The summed E-state index contributed by atoms with van der Waals surface area (Å²) in [5, 5.41) is 0.0822. The Balaban J connectivity index is 4.73. The third-order valence-electron chi connectivity index (χ3n) is 3.27. The van der Waals surface area contributed by atoms with E-state index in [-0.39, 0.29) is 36.8 Å². The number of carbonyl (C=O) groups is 2. The molecule has 4 nitrogen and oxygen atoms in total. The van der Waals surface area contributed by atoms with E-state index in [1.807, 2.05) is 27.7 Å². The zero-order valence-corrected chi connectivity index (χ0v) is 14.8. The van der Waals surface area contributed by atoms with E-state index in [4.69, 9.17) is 4.74 Å². The van der Waals surface area contributed by atoms with Gasteiger partial charge in [-0.3, -0.25) is 14.2 Å². The summed E-state index contributed by atoms with van der Waals surface area (Å²) in [7, 11) is -0.204. The number of esters is 1. The molecule has 0 aromatic carbocycles. The summed E-state index contributed by atoms with van der Waals surface area (Å²) in [5.74, 6) is -0.326. The van der Waals surface area contributed by atoms with Crippen molar-refractivity contribution >= 4 is 31.3 Å². The smallest absolute Gasteiger partial charge is 0.320 e. The van der Waals surface area contributed by atoms with Crippen LogP contribution in [0.3, 0.4) is 0 Å². The van der Waals surface area contributed by atoms with Crippen molar-refractivity contribution in [1.29, 1.82) is 0 Å². The van der Waals surface area contributed by atoms with Crippen molar-refractivity contribution in [3.63, 3.8) is 0 Å². The summed E-state index contributed by atoms with van der Waals surface area (Å²) in [6.45, 7) is 11.5. The lowest BCUT2D eigenvalue weighted by Crippen LogP contribution is -2.32. The summed E-state index contributed by atoms with van der Waals surface area (Å²) >= 11 is 1.30. The Morgan fingerprint density at radius 2 is 1.85 bits per heavy atom. The standard InChI is InChI=1S/C14H25O4PS/c1-7-18-13(16)12(19-17)10(3)9(2)8-14(5,6)20-11(4)15/h9-10,12H,7-8H2,1-6H3. The molecule has 0 amide bonds. The fraction of sp³-hybridized carbons (Fsp3) is 0.857. The molecule has 20 heavy (non-hydrogen) atoms. The van der Waals surface area contributed by atoms with E-state index in [0.717, 1.165) is 6.42 Å². The van der Waals surface area contributed by atoms with Gasteiger partial charge in [0.25, 0.3) is 0 Å². The first-order valence-corrected chi connectivity index (χ1v) is 8.53. The number of ether oxygens (including phenoxy) is 1. The zero-order valence-electron chi connectivity index (χ0n) is 13.1. The molecule has 0 aliphatic rings. The van der Waals surface area contributed by atoms with E-state index in [1.165, 1.54) is 11.8 Å². The van der Waals surface area contributed by atoms with Crippen molar-refractivity contribution in [3.05, 3.63) is 0 Å². The maximum Gasteiger partial charge on any atom is 0.320 e. The lowest BCUT2D eigenvalue weighted by atomic mass is 9.85. The summed E-state index contributed by atoms with van der Waals surface area (Å²) in [5.41, 5.74) is -0.636. The minimum absolute atomic E-state index is 0.0694. The normalized spacial score (nSPS) is 16.5. The van der Waals surface area contributed by atoms with Crippen molar-refractivity contribution in [1.82, 2.24) is 0 Å². The third-order valence-corrected chi connectivity index (χ3v) is 5.19. The molecule has 6 heteroatoms. The van der Waals surface area contributed by atoms with Gasteiger partial charge in [-0.25, -0.2) is 0 Å². The second kappa shape index (κ2) is 8.78. The van der Waals surface area contributed by atoms with Gasteiger partial charge in [0.2, 0.25) is 0 Å². The van der Waals surface area contributed by atoms with Crippen LogP contribution < -0.4 is 0 Å². The lowest BCUT2D eigenvalue weighted by Gasteiger charge is -2.30. The number of rotatable bonds is 8. The molecule has 0 heterocycles. The summed E-state index contributed by atoms with van der Waals surface area (Å²) in [6.07, 6.45) is 0.768. The summed E-state index contributed by atoms with van der Waals surface area (Å²) in [4.78, 5) is 23.0. The molecular weight excluding hydrogens is 295 g/mol. The van der Waals surface area contributed by atoms with E-state index in [9.17, 15) is 14.2 Å². The van der Waals surface area contributed by atoms with Gasteiger partial charge in [-0.1, -0.05) is 39.5 Å². The van der Waals surface area contributed by atoms with Crippen LogP contribution >= 0.6 is 20.2 Å². The first-order chi connectivity index (χ1) is 9.14. The van der Waals surface area contributed by atoms with Crippen molar-refractivity contribution < 1.29 is 18.9 Å². The molecule has 3 unspecified atom stereocenters. The topological polar surface area (TPSA) is 60.4 Å². The minimum Gasteiger partial charge on any atom is -0.465 e. The van der Waals surface area contributed by atoms with E-state index < -0.39 is 11.6 Å². The molecule has 0 aromatic heterocycles. The predicted octanol–water partition coefficient (Wildman–Crippen LogP) is 3.93. The molecule has 116 valence electrons.